The minimum atomic E-state index is -0.332. The third-order valence-electron chi connectivity index (χ3n) is 3.59. The molecule has 1 aliphatic heterocycles. The Hall–Kier alpha value is -0.810. The number of amides is 1. The number of nitrogens with zero attached hydrogens (tertiary/aromatic N) is 1. The van der Waals surface area contributed by atoms with Gasteiger partial charge in [-0.25, -0.2) is 0 Å². The van der Waals surface area contributed by atoms with Crippen LogP contribution in [0.4, 0.5) is 5.69 Å². The number of halogens is 2. The first-order valence-corrected chi connectivity index (χ1v) is 7.37. The zero-order valence-corrected chi connectivity index (χ0v) is 12.8. The van der Waals surface area contributed by atoms with Crippen LogP contribution in [0, 0.1) is 5.92 Å². The molecular weight excluding hydrogens is 299 g/mol. The van der Waals surface area contributed by atoms with E-state index in [9.17, 15) is 9.90 Å². The van der Waals surface area contributed by atoms with Crippen molar-refractivity contribution in [2.75, 3.05) is 25.0 Å². The van der Waals surface area contributed by atoms with E-state index in [0.29, 0.717) is 15.7 Å². The van der Waals surface area contributed by atoms with Gasteiger partial charge < -0.3 is 10.4 Å². The number of hydrogen-bond acceptors (Lipinski definition) is 3. The van der Waals surface area contributed by atoms with Crippen molar-refractivity contribution in [2.24, 2.45) is 5.92 Å². The second-order valence-electron chi connectivity index (χ2n) is 5.17. The summed E-state index contributed by atoms with van der Waals surface area (Å²) in [4.78, 5) is 14.0. The topological polar surface area (TPSA) is 52.6 Å². The molecule has 0 aromatic heterocycles. The molecule has 0 saturated carbocycles. The number of para-hydroxylation sites is 1. The SMILES string of the molecule is CC(O)C1CCN(CC(=O)Nc2c(Cl)cccc2Cl)C1. The summed E-state index contributed by atoms with van der Waals surface area (Å²) in [6.07, 6.45) is 0.582. The monoisotopic (exact) mass is 316 g/mol. The zero-order chi connectivity index (χ0) is 14.7. The van der Waals surface area contributed by atoms with Crippen molar-refractivity contribution in [2.45, 2.75) is 19.4 Å². The van der Waals surface area contributed by atoms with Gasteiger partial charge in [-0.3, -0.25) is 9.69 Å². The third kappa shape index (κ3) is 3.85. The van der Waals surface area contributed by atoms with Gasteiger partial charge in [0, 0.05) is 6.54 Å². The number of anilines is 1. The average Bonchev–Trinajstić information content (AvgIpc) is 2.82. The van der Waals surface area contributed by atoms with E-state index in [4.69, 9.17) is 23.2 Å². The van der Waals surface area contributed by atoms with Crippen molar-refractivity contribution < 1.29 is 9.90 Å². The Morgan fingerprint density at radius 3 is 2.70 bits per heavy atom. The molecule has 0 aliphatic carbocycles. The van der Waals surface area contributed by atoms with Crippen LogP contribution in [0.3, 0.4) is 0 Å². The average molecular weight is 317 g/mol. The number of hydrogen-bond donors (Lipinski definition) is 2. The highest BCUT2D eigenvalue weighted by Gasteiger charge is 2.27. The highest BCUT2D eigenvalue weighted by Crippen LogP contribution is 2.29. The normalized spacial score (nSPS) is 20.9. The van der Waals surface area contributed by atoms with Gasteiger partial charge in [-0.1, -0.05) is 29.3 Å². The van der Waals surface area contributed by atoms with Crippen LogP contribution in [-0.2, 0) is 4.79 Å². The number of benzene rings is 1. The van der Waals surface area contributed by atoms with Crippen LogP contribution in [0.2, 0.25) is 10.0 Å². The molecule has 1 aromatic carbocycles. The lowest BCUT2D eigenvalue weighted by Gasteiger charge is -2.17. The summed E-state index contributed by atoms with van der Waals surface area (Å²) >= 11 is 12.0. The molecule has 20 heavy (non-hydrogen) atoms. The number of aliphatic hydroxyl groups is 1. The Morgan fingerprint density at radius 1 is 1.50 bits per heavy atom. The first-order valence-electron chi connectivity index (χ1n) is 6.61. The highest BCUT2D eigenvalue weighted by molar-refractivity contribution is 6.39. The van der Waals surface area contributed by atoms with E-state index >= 15 is 0 Å². The maximum Gasteiger partial charge on any atom is 0.238 e. The van der Waals surface area contributed by atoms with E-state index in [0.717, 1.165) is 19.5 Å². The summed E-state index contributed by atoms with van der Waals surface area (Å²) in [5.74, 6) is 0.0953. The lowest BCUT2D eigenvalue weighted by atomic mass is 10.0. The van der Waals surface area contributed by atoms with Gasteiger partial charge in [0.25, 0.3) is 0 Å². The van der Waals surface area contributed by atoms with E-state index in [1.165, 1.54) is 0 Å². The Morgan fingerprint density at radius 2 is 2.15 bits per heavy atom. The van der Waals surface area contributed by atoms with Gasteiger partial charge >= 0.3 is 0 Å². The molecule has 1 heterocycles. The number of carbonyl (C=O) groups is 1. The molecule has 2 rings (SSSR count). The van der Waals surface area contributed by atoms with Crippen LogP contribution in [0.15, 0.2) is 18.2 Å². The lowest BCUT2D eigenvalue weighted by Crippen LogP contribution is -2.32. The molecule has 110 valence electrons. The second kappa shape index (κ2) is 6.76. The Balaban J connectivity index is 1.91. The zero-order valence-electron chi connectivity index (χ0n) is 11.3. The molecule has 1 aromatic rings. The van der Waals surface area contributed by atoms with Crippen molar-refractivity contribution in [3.05, 3.63) is 28.2 Å². The third-order valence-corrected chi connectivity index (χ3v) is 4.22. The first-order chi connectivity index (χ1) is 9.47. The summed E-state index contributed by atoms with van der Waals surface area (Å²) in [5.41, 5.74) is 0.451. The predicted molar refractivity (Wildman–Crippen MR) is 81.3 cm³/mol. The molecule has 6 heteroatoms. The fourth-order valence-electron chi connectivity index (χ4n) is 2.40. The molecule has 2 atom stereocenters. The van der Waals surface area contributed by atoms with Crippen molar-refractivity contribution in [3.8, 4) is 0 Å². The number of carbonyl (C=O) groups excluding carboxylic acids is 1. The maximum absolute atomic E-state index is 12.0. The molecular formula is C14H18Cl2N2O2. The molecule has 0 spiro atoms. The van der Waals surface area contributed by atoms with Gasteiger partial charge in [-0.05, 0) is 37.9 Å². The Kier molecular flexibility index (Phi) is 5.27. The number of aliphatic hydroxyl groups excluding tert-OH is 1. The first kappa shape index (κ1) is 15.6. The highest BCUT2D eigenvalue weighted by atomic mass is 35.5. The van der Waals surface area contributed by atoms with Crippen LogP contribution in [0.5, 0.6) is 0 Å². The predicted octanol–water partition coefficient (Wildman–Crippen LogP) is 2.63. The minimum Gasteiger partial charge on any atom is -0.393 e. The second-order valence-corrected chi connectivity index (χ2v) is 5.98. The molecule has 4 nitrogen and oxygen atoms in total. The summed E-state index contributed by atoms with van der Waals surface area (Å²) in [7, 11) is 0. The Bertz CT molecular complexity index is 474. The van der Waals surface area contributed by atoms with E-state index < -0.39 is 0 Å². The van der Waals surface area contributed by atoms with Gasteiger partial charge in [0.05, 0.1) is 28.4 Å². The van der Waals surface area contributed by atoms with Crippen molar-refractivity contribution in [3.63, 3.8) is 0 Å². The molecule has 1 amide bonds. The summed E-state index contributed by atoms with van der Waals surface area (Å²) < 4.78 is 0. The van der Waals surface area contributed by atoms with Gasteiger partial charge in [0.15, 0.2) is 0 Å². The van der Waals surface area contributed by atoms with E-state index in [2.05, 4.69) is 5.32 Å². The smallest absolute Gasteiger partial charge is 0.238 e. The molecule has 2 unspecified atom stereocenters. The van der Waals surface area contributed by atoms with Gasteiger partial charge in [-0.15, -0.1) is 0 Å². The number of nitrogens with one attached hydrogen (secondary N) is 1. The fraction of sp³-hybridized carbons (Fsp3) is 0.500. The molecule has 1 saturated heterocycles. The van der Waals surface area contributed by atoms with E-state index in [1.807, 2.05) is 4.90 Å². The maximum atomic E-state index is 12.0. The van der Waals surface area contributed by atoms with Crippen molar-refractivity contribution in [1.82, 2.24) is 4.90 Å². The Labute approximate surface area is 128 Å². The standard InChI is InChI=1S/C14H18Cl2N2O2/c1-9(19)10-5-6-18(7-10)8-13(20)17-14-11(15)3-2-4-12(14)16/h2-4,9-10,19H,5-8H2,1H3,(H,17,20). The molecule has 0 radical (unpaired) electrons. The summed E-state index contributed by atoms with van der Waals surface area (Å²) in [6, 6.07) is 5.10. The van der Waals surface area contributed by atoms with Gasteiger partial charge in [0.1, 0.15) is 0 Å². The molecule has 1 fully saturated rings. The van der Waals surface area contributed by atoms with Crippen LogP contribution in [0.1, 0.15) is 13.3 Å². The number of rotatable bonds is 4. The van der Waals surface area contributed by atoms with Crippen LogP contribution >= 0.6 is 23.2 Å². The minimum absolute atomic E-state index is 0.147. The lowest BCUT2D eigenvalue weighted by molar-refractivity contribution is -0.117. The molecule has 2 N–H and O–H groups in total. The van der Waals surface area contributed by atoms with Gasteiger partial charge in [0.2, 0.25) is 5.91 Å². The fourth-order valence-corrected chi connectivity index (χ4v) is 2.89. The van der Waals surface area contributed by atoms with Gasteiger partial charge in [-0.2, -0.15) is 0 Å². The largest absolute Gasteiger partial charge is 0.393 e. The van der Waals surface area contributed by atoms with Crippen LogP contribution < -0.4 is 5.32 Å². The van der Waals surface area contributed by atoms with Crippen LogP contribution in [0.25, 0.3) is 0 Å². The van der Waals surface area contributed by atoms with Crippen molar-refractivity contribution >= 4 is 34.8 Å². The summed E-state index contributed by atoms with van der Waals surface area (Å²) in [6.45, 7) is 3.63. The quantitative estimate of drug-likeness (QED) is 0.897. The summed E-state index contributed by atoms with van der Waals surface area (Å²) in [5, 5.41) is 13.1. The van der Waals surface area contributed by atoms with Crippen molar-refractivity contribution in [1.29, 1.82) is 0 Å². The van der Waals surface area contributed by atoms with E-state index in [1.54, 1.807) is 25.1 Å². The number of likely N-dealkylation sites (tertiary alicyclic amines) is 1. The van der Waals surface area contributed by atoms with E-state index in [-0.39, 0.29) is 24.5 Å². The molecule has 0 bridgehead atoms. The van der Waals surface area contributed by atoms with Crippen LogP contribution in [-0.4, -0.2) is 41.7 Å². The molecule has 1 aliphatic rings.